The fourth-order valence-electron chi connectivity index (χ4n) is 3.02. The van der Waals surface area contributed by atoms with Gasteiger partial charge in [-0.25, -0.2) is 4.79 Å². The fourth-order valence-corrected chi connectivity index (χ4v) is 3.02. The maximum Gasteiger partial charge on any atom is 0.326 e. The third-order valence-electron chi connectivity index (χ3n) is 5.23. The molecule has 4 nitrogen and oxygen atoms in total. The van der Waals surface area contributed by atoms with Crippen molar-refractivity contribution in [2.45, 2.75) is 97.4 Å². The average Bonchev–Trinajstić information content (AvgIpc) is 2.78. The van der Waals surface area contributed by atoms with E-state index in [4.69, 9.17) is 0 Å². The van der Waals surface area contributed by atoms with Gasteiger partial charge in [-0.3, -0.25) is 4.79 Å². The Morgan fingerprint density at radius 1 is 0.750 bits per heavy atom. The zero-order valence-electron chi connectivity index (χ0n) is 20.5. The smallest absolute Gasteiger partial charge is 0.326 e. The number of unbranched alkanes of at least 4 members (excludes halogenated alkanes) is 3. The van der Waals surface area contributed by atoms with Crippen LogP contribution in [0.3, 0.4) is 0 Å². The van der Waals surface area contributed by atoms with E-state index >= 15 is 0 Å². The summed E-state index contributed by atoms with van der Waals surface area (Å²) in [6, 6.07) is -0.784. The Morgan fingerprint density at radius 3 is 1.72 bits per heavy atom. The highest BCUT2D eigenvalue weighted by Gasteiger charge is 2.24. The lowest BCUT2D eigenvalue weighted by Crippen LogP contribution is -2.44. The summed E-state index contributed by atoms with van der Waals surface area (Å²) in [4.78, 5) is 23.2. The highest BCUT2D eigenvalue weighted by molar-refractivity contribution is 5.83. The summed E-state index contributed by atoms with van der Waals surface area (Å²) < 4.78 is 0. The Hall–Kier alpha value is -2.36. The molecule has 0 aliphatic heterocycles. The number of rotatable bonds is 19. The normalized spacial score (nSPS) is 14.3. The SMILES string of the molecule is CC/C=C\C/C=C\C/C=C\C/C=C\C/C=C\CCCCCC(=O)N[C@H](C(=O)O)C(C)CC. The van der Waals surface area contributed by atoms with Crippen molar-refractivity contribution in [1.82, 2.24) is 5.32 Å². The van der Waals surface area contributed by atoms with Gasteiger partial charge in [0.2, 0.25) is 5.91 Å². The highest BCUT2D eigenvalue weighted by atomic mass is 16.4. The molecule has 180 valence electrons. The maximum atomic E-state index is 12.0. The second-order valence-corrected chi connectivity index (χ2v) is 8.08. The first-order valence-electron chi connectivity index (χ1n) is 12.3. The number of carbonyl (C=O) groups excluding carboxylic acids is 1. The first kappa shape index (κ1) is 29.6. The minimum absolute atomic E-state index is 0.0632. The zero-order chi connectivity index (χ0) is 23.9. The fraction of sp³-hybridized carbons (Fsp3) is 0.571. The van der Waals surface area contributed by atoms with E-state index in [2.05, 4.69) is 73.0 Å². The molecule has 0 aromatic carbocycles. The molecule has 0 saturated carbocycles. The van der Waals surface area contributed by atoms with Crippen molar-refractivity contribution in [2.75, 3.05) is 0 Å². The molecule has 4 heteroatoms. The summed E-state index contributed by atoms with van der Waals surface area (Å²) >= 11 is 0. The Morgan fingerprint density at radius 2 is 1.25 bits per heavy atom. The number of carbonyl (C=O) groups is 2. The third-order valence-corrected chi connectivity index (χ3v) is 5.23. The molecule has 2 atom stereocenters. The Kier molecular flexibility index (Phi) is 20.2. The van der Waals surface area contributed by atoms with Gasteiger partial charge in [0, 0.05) is 6.42 Å². The van der Waals surface area contributed by atoms with E-state index in [1.54, 1.807) is 0 Å². The van der Waals surface area contributed by atoms with E-state index in [1.165, 1.54) is 0 Å². The van der Waals surface area contributed by atoms with Crippen LogP contribution in [0.4, 0.5) is 0 Å². The van der Waals surface area contributed by atoms with Crippen LogP contribution in [0.15, 0.2) is 60.8 Å². The summed E-state index contributed by atoms with van der Waals surface area (Å²) in [6.45, 7) is 5.93. The van der Waals surface area contributed by atoms with Crippen molar-refractivity contribution >= 4 is 11.9 Å². The number of carboxylic acids is 1. The first-order chi connectivity index (χ1) is 15.5. The molecule has 0 spiro atoms. The van der Waals surface area contributed by atoms with Crippen LogP contribution < -0.4 is 5.32 Å². The molecule has 0 aliphatic carbocycles. The van der Waals surface area contributed by atoms with E-state index in [-0.39, 0.29) is 11.8 Å². The lowest BCUT2D eigenvalue weighted by Gasteiger charge is -2.20. The third kappa shape index (κ3) is 18.4. The summed E-state index contributed by atoms with van der Waals surface area (Å²) in [6.07, 6.45) is 31.9. The van der Waals surface area contributed by atoms with E-state index < -0.39 is 12.0 Å². The van der Waals surface area contributed by atoms with Crippen LogP contribution in [0.5, 0.6) is 0 Å². The van der Waals surface area contributed by atoms with Crippen LogP contribution in [-0.4, -0.2) is 23.0 Å². The lowest BCUT2D eigenvalue weighted by molar-refractivity contribution is -0.143. The largest absolute Gasteiger partial charge is 0.480 e. The Labute approximate surface area is 196 Å². The standard InChI is InChI=1S/C28H45NO3/c1-4-6-7-8-9-10-11-12-13-14-15-16-17-18-19-20-21-22-23-24-26(30)29-27(28(31)32)25(3)5-2/h6-7,9-10,12-13,15-16,18-19,25,27H,4-5,8,11,14,17,20-24H2,1-3H3,(H,29,30)(H,31,32)/b7-6-,10-9-,13-12-,16-15-,19-18-/t25?,27-/m0/s1. The summed E-state index contributed by atoms with van der Waals surface area (Å²) in [5, 5.41) is 11.9. The van der Waals surface area contributed by atoms with E-state index in [0.717, 1.165) is 64.2 Å². The van der Waals surface area contributed by atoms with Gasteiger partial charge in [0.15, 0.2) is 0 Å². The van der Waals surface area contributed by atoms with Crippen LogP contribution >= 0.6 is 0 Å². The number of hydrogen-bond donors (Lipinski definition) is 2. The van der Waals surface area contributed by atoms with Gasteiger partial charge in [-0.15, -0.1) is 0 Å². The van der Waals surface area contributed by atoms with Crippen molar-refractivity contribution in [2.24, 2.45) is 5.92 Å². The molecule has 2 N–H and O–H groups in total. The lowest BCUT2D eigenvalue weighted by atomic mass is 9.99. The summed E-state index contributed by atoms with van der Waals surface area (Å²) in [5.41, 5.74) is 0. The van der Waals surface area contributed by atoms with Gasteiger partial charge in [0.25, 0.3) is 0 Å². The molecule has 1 unspecified atom stereocenters. The minimum Gasteiger partial charge on any atom is -0.480 e. The molecule has 0 rings (SSSR count). The number of aliphatic carboxylic acids is 1. The van der Waals surface area contributed by atoms with Gasteiger partial charge in [-0.2, -0.15) is 0 Å². The van der Waals surface area contributed by atoms with E-state index in [0.29, 0.717) is 6.42 Å². The molecule has 1 amide bonds. The topological polar surface area (TPSA) is 66.4 Å². The van der Waals surface area contributed by atoms with E-state index in [9.17, 15) is 14.7 Å². The predicted octanol–water partition coefficient (Wildman–Crippen LogP) is 7.30. The number of amides is 1. The van der Waals surface area contributed by atoms with Crippen LogP contribution in [0.1, 0.15) is 91.4 Å². The molecule has 0 radical (unpaired) electrons. The zero-order valence-corrected chi connectivity index (χ0v) is 20.5. The molecule has 0 aromatic rings. The minimum atomic E-state index is -0.953. The Balaban J connectivity index is 3.70. The van der Waals surface area contributed by atoms with E-state index in [1.807, 2.05) is 13.8 Å². The number of hydrogen-bond acceptors (Lipinski definition) is 2. The van der Waals surface area contributed by atoms with Crippen molar-refractivity contribution in [3.05, 3.63) is 60.8 Å². The number of allylic oxidation sites excluding steroid dienone is 10. The quantitative estimate of drug-likeness (QED) is 0.162. The predicted molar refractivity (Wildman–Crippen MR) is 137 cm³/mol. The summed E-state index contributed by atoms with van der Waals surface area (Å²) in [7, 11) is 0. The monoisotopic (exact) mass is 443 g/mol. The van der Waals surface area contributed by atoms with Crippen molar-refractivity contribution in [3.63, 3.8) is 0 Å². The second-order valence-electron chi connectivity index (χ2n) is 8.08. The Bertz CT molecular complexity index is 629. The molecule has 32 heavy (non-hydrogen) atoms. The highest BCUT2D eigenvalue weighted by Crippen LogP contribution is 2.09. The van der Waals surface area contributed by atoms with Gasteiger partial charge < -0.3 is 10.4 Å². The molecule has 0 saturated heterocycles. The van der Waals surface area contributed by atoms with Gasteiger partial charge in [-0.05, 0) is 57.3 Å². The second kappa shape index (κ2) is 21.9. The van der Waals surface area contributed by atoms with Gasteiger partial charge in [-0.1, -0.05) is 94.4 Å². The van der Waals surface area contributed by atoms with Crippen molar-refractivity contribution in [3.8, 4) is 0 Å². The molecule has 0 heterocycles. The van der Waals surface area contributed by atoms with Gasteiger partial charge in [0.05, 0.1) is 0 Å². The van der Waals surface area contributed by atoms with Crippen molar-refractivity contribution in [1.29, 1.82) is 0 Å². The van der Waals surface area contributed by atoms with Gasteiger partial charge in [0.1, 0.15) is 6.04 Å². The summed E-state index contributed by atoms with van der Waals surface area (Å²) in [5.74, 6) is -1.18. The van der Waals surface area contributed by atoms with Crippen LogP contribution in [0.2, 0.25) is 0 Å². The maximum absolute atomic E-state index is 12.0. The van der Waals surface area contributed by atoms with Crippen LogP contribution in [0.25, 0.3) is 0 Å². The molecule has 0 aliphatic rings. The molecule has 0 fully saturated rings. The number of nitrogens with one attached hydrogen (secondary N) is 1. The molecule has 0 aromatic heterocycles. The van der Waals surface area contributed by atoms with Crippen molar-refractivity contribution < 1.29 is 14.7 Å². The first-order valence-corrected chi connectivity index (χ1v) is 12.3. The molecule has 0 bridgehead atoms. The average molecular weight is 444 g/mol. The van der Waals surface area contributed by atoms with Crippen LogP contribution in [0, 0.1) is 5.92 Å². The molecular weight excluding hydrogens is 398 g/mol. The van der Waals surface area contributed by atoms with Crippen LogP contribution in [-0.2, 0) is 9.59 Å². The van der Waals surface area contributed by atoms with Gasteiger partial charge >= 0.3 is 5.97 Å². The molecular formula is C28H45NO3. The number of carboxylic acid groups (broad SMARTS) is 1.